The molecule has 1 aromatic heterocycles. The number of carbonyl (C=O) groups excluding carboxylic acids is 2. The highest BCUT2D eigenvalue weighted by Crippen LogP contribution is 2.14. The Balaban J connectivity index is 1.78. The minimum absolute atomic E-state index is 0.107. The lowest BCUT2D eigenvalue weighted by Gasteiger charge is -2.15. The molecule has 1 aromatic carbocycles. The van der Waals surface area contributed by atoms with Crippen LogP contribution in [-0.4, -0.2) is 34.2 Å². The van der Waals surface area contributed by atoms with Crippen molar-refractivity contribution >= 4 is 11.8 Å². The van der Waals surface area contributed by atoms with E-state index in [0.717, 1.165) is 24.2 Å². The SMILES string of the molecule is Cc1c(C(=O)N[C@H]2CCCCNC2=O)cnn1-c1ccccc1. The summed E-state index contributed by atoms with van der Waals surface area (Å²) in [7, 11) is 0. The molecule has 0 aliphatic carbocycles. The minimum atomic E-state index is -0.468. The second kappa shape index (κ2) is 6.64. The number of nitrogens with one attached hydrogen (secondary N) is 2. The Morgan fingerprint density at radius 2 is 2.09 bits per heavy atom. The zero-order valence-electron chi connectivity index (χ0n) is 13.1. The molecule has 0 radical (unpaired) electrons. The van der Waals surface area contributed by atoms with Gasteiger partial charge in [-0.25, -0.2) is 4.68 Å². The number of amides is 2. The van der Waals surface area contributed by atoms with Gasteiger partial charge in [-0.05, 0) is 38.3 Å². The maximum absolute atomic E-state index is 12.5. The molecule has 2 aromatic rings. The summed E-state index contributed by atoms with van der Waals surface area (Å²) in [6.45, 7) is 2.53. The molecule has 0 bridgehead atoms. The molecule has 120 valence electrons. The molecular formula is C17H20N4O2. The van der Waals surface area contributed by atoms with Gasteiger partial charge in [-0.2, -0.15) is 5.10 Å². The molecule has 0 spiro atoms. The molecule has 0 saturated carbocycles. The van der Waals surface area contributed by atoms with E-state index in [9.17, 15) is 9.59 Å². The van der Waals surface area contributed by atoms with Gasteiger partial charge in [0.05, 0.1) is 23.1 Å². The lowest BCUT2D eigenvalue weighted by Crippen LogP contribution is -2.45. The van der Waals surface area contributed by atoms with Crippen LogP contribution in [0.5, 0.6) is 0 Å². The first kappa shape index (κ1) is 15.3. The quantitative estimate of drug-likeness (QED) is 0.903. The summed E-state index contributed by atoms with van der Waals surface area (Å²) in [6.07, 6.45) is 4.09. The summed E-state index contributed by atoms with van der Waals surface area (Å²) in [4.78, 5) is 24.4. The maximum atomic E-state index is 12.5. The van der Waals surface area contributed by atoms with Crippen LogP contribution in [0.4, 0.5) is 0 Å². The summed E-state index contributed by atoms with van der Waals surface area (Å²) in [6, 6.07) is 9.17. The average molecular weight is 312 g/mol. The monoisotopic (exact) mass is 312 g/mol. The van der Waals surface area contributed by atoms with Gasteiger partial charge in [0, 0.05) is 6.54 Å². The first-order valence-electron chi connectivity index (χ1n) is 7.85. The van der Waals surface area contributed by atoms with Crippen LogP contribution < -0.4 is 10.6 Å². The number of nitrogens with zero attached hydrogens (tertiary/aromatic N) is 2. The largest absolute Gasteiger partial charge is 0.354 e. The van der Waals surface area contributed by atoms with E-state index in [0.29, 0.717) is 18.5 Å². The molecule has 3 rings (SSSR count). The Morgan fingerprint density at radius 3 is 2.87 bits per heavy atom. The van der Waals surface area contributed by atoms with Gasteiger partial charge in [0.15, 0.2) is 0 Å². The van der Waals surface area contributed by atoms with Crippen molar-refractivity contribution in [2.45, 2.75) is 32.2 Å². The van der Waals surface area contributed by atoms with Crippen LogP contribution in [0.15, 0.2) is 36.5 Å². The van der Waals surface area contributed by atoms with E-state index in [4.69, 9.17) is 0 Å². The Kier molecular flexibility index (Phi) is 4.41. The highest BCUT2D eigenvalue weighted by Gasteiger charge is 2.24. The van der Waals surface area contributed by atoms with E-state index in [2.05, 4.69) is 15.7 Å². The minimum Gasteiger partial charge on any atom is -0.354 e. The summed E-state index contributed by atoms with van der Waals surface area (Å²) >= 11 is 0. The van der Waals surface area contributed by atoms with Gasteiger partial charge in [-0.15, -0.1) is 0 Å². The van der Waals surface area contributed by atoms with E-state index < -0.39 is 6.04 Å². The first-order chi connectivity index (χ1) is 11.2. The molecule has 2 amide bonds. The van der Waals surface area contributed by atoms with Crippen molar-refractivity contribution in [1.29, 1.82) is 0 Å². The van der Waals surface area contributed by atoms with Gasteiger partial charge in [-0.3, -0.25) is 9.59 Å². The number of aromatic nitrogens is 2. The van der Waals surface area contributed by atoms with Crippen LogP contribution in [0.25, 0.3) is 5.69 Å². The van der Waals surface area contributed by atoms with Crippen molar-refractivity contribution in [3.8, 4) is 5.69 Å². The second-order valence-electron chi connectivity index (χ2n) is 5.70. The van der Waals surface area contributed by atoms with Crippen molar-refractivity contribution in [3.05, 3.63) is 47.8 Å². The third-order valence-electron chi connectivity index (χ3n) is 4.10. The van der Waals surface area contributed by atoms with Gasteiger partial charge in [-0.1, -0.05) is 18.2 Å². The summed E-state index contributed by atoms with van der Waals surface area (Å²) in [5.41, 5.74) is 2.14. The van der Waals surface area contributed by atoms with Crippen LogP contribution in [0.3, 0.4) is 0 Å². The lowest BCUT2D eigenvalue weighted by molar-refractivity contribution is -0.122. The Labute approximate surface area is 134 Å². The molecule has 6 nitrogen and oxygen atoms in total. The van der Waals surface area contributed by atoms with E-state index in [-0.39, 0.29) is 11.8 Å². The third-order valence-corrected chi connectivity index (χ3v) is 4.10. The zero-order chi connectivity index (χ0) is 16.2. The zero-order valence-corrected chi connectivity index (χ0v) is 13.1. The average Bonchev–Trinajstić information content (AvgIpc) is 2.84. The molecule has 2 N–H and O–H groups in total. The van der Waals surface area contributed by atoms with Crippen molar-refractivity contribution < 1.29 is 9.59 Å². The van der Waals surface area contributed by atoms with E-state index in [1.165, 1.54) is 0 Å². The molecule has 1 atom stereocenters. The second-order valence-corrected chi connectivity index (χ2v) is 5.70. The number of hydrogen-bond acceptors (Lipinski definition) is 3. The van der Waals surface area contributed by atoms with Crippen molar-refractivity contribution in [3.63, 3.8) is 0 Å². The lowest BCUT2D eigenvalue weighted by atomic mass is 10.1. The topological polar surface area (TPSA) is 76.0 Å². The van der Waals surface area contributed by atoms with Crippen LogP contribution >= 0.6 is 0 Å². The predicted molar refractivity (Wildman–Crippen MR) is 86.4 cm³/mol. The Morgan fingerprint density at radius 1 is 1.30 bits per heavy atom. The van der Waals surface area contributed by atoms with E-state index >= 15 is 0 Å². The fourth-order valence-corrected chi connectivity index (χ4v) is 2.78. The highest BCUT2D eigenvalue weighted by molar-refractivity contribution is 5.98. The normalized spacial score (nSPS) is 18.1. The van der Waals surface area contributed by atoms with Crippen molar-refractivity contribution in [2.75, 3.05) is 6.54 Å². The van der Waals surface area contributed by atoms with Crippen LogP contribution in [0.1, 0.15) is 35.3 Å². The van der Waals surface area contributed by atoms with Crippen LogP contribution in [0.2, 0.25) is 0 Å². The number of hydrogen-bond donors (Lipinski definition) is 2. The summed E-state index contributed by atoms with van der Waals surface area (Å²) < 4.78 is 1.72. The van der Waals surface area contributed by atoms with Gasteiger partial charge in [0.25, 0.3) is 5.91 Å². The molecule has 0 unspecified atom stereocenters. The van der Waals surface area contributed by atoms with Gasteiger partial charge in [0.1, 0.15) is 6.04 Å². The van der Waals surface area contributed by atoms with Crippen molar-refractivity contribution in [1.82, 2.24) is 20.4 Å². The first-order valence-corrected chi connectivity index (χ1v) is 7.85. The standard InChI is InChI=1S/C17H20N4O2/c1-12-14(11-19-21(12)13-7-3-2-4-8-13)16(22)20-15-9-5-6-10-18-17(15)23/h2-4,7-8,11,15H,5-6,9-10H2,1H3,(H,18,23)(H,20,22)/t15-/m0/s1. The molecule has 23 heavy (non-hydrogen) atoms. The smallest absolute Gasteiger partial charge is 0.255 e. The van der Waals surface area contributed by atoms with Crippen LogP contribution in [0, 0.1) is 6.92 Å². The maximum Gasteiger partial charge on any atom is 0.255 e. The molecule has 2 heterocycles. The fourth-order valence-electron chi connectivity index (χ4n) is 2.78. The Bertz CT molecular complexity index is 709. The van der Waals surface area contributed by atoms with E-state index in [1.54, 1.807) is 10.9 Å². The van der Waals surface area contributed by atoms with Gasteiger partial charge in [0.2, 0.25) is 5.91 Å². The predicted octanol–water partition coefficient (Wildman–Crippen LogP) is 1.58. The molecule has 1 aliphatic rings. The molecular weight excluding hydrogens is 292 g/mol. The summed E-state index contributed by atoms with van der Waals surface area (Å²) in [5, 5.41) is 9.94. The van der Waals surface area contributed by atoms with Crippen molar-refractivity contribution in [2.24, 2.45) is 0 Å². The molecule has 6 heteroatoms. The third kappa shape index (κ3) is 3.26. The molecule has 1 fully saturated rings. The number of rotatable bonds is 3. The molecule has 1 aliphatic heterocycles. The van der Waals surface area contributed by atoms with Crippen LogP contribution in [-0.2, 0) is 4.79 Å². The van der Waals surface area contributed by atoms with Gasteiger partial charge >= 0.3 is 0 Å². The fraction of sp³-hybridized carbons (Fsp3) is 0.353. The van der Waals surface area contributed by atoms with E-state index in [1.807, 2.05) is 37.3 Å². The number of benzene rings is 1. The summed E-state index contributed by atoms with van der Waals surface area (Å²) in [5.74, 6) is -0.365. The molecule has 1 saturated heterocycles. The van der Waals surface area contributed by atoms with Gasteiger partial charge < -0.3 is 10.6 Å². The highest BCUT2D eigenvalue weighted by atomic mass is 16.2. The number of para-hydroxylation sites is 1. The Hall–Kier alpha value is -2.63. The number of carbonyl (C=O) groups is 2.